The van der Waals surface area contributed by atoms with Crippen LogP contribution >= 0.6 is 23.2 Å². The van der Waals surface area contributed by atoms with Crippen LogP contribution in [0.25, 0.3) is 0 Å². The SMILES string of the molecule is COc1ccc(OC)c(NC(=O)/C(C#N)=C\Nc2cc(Cl)cc(Cl)c2)c1. The third kappa shape index (κ3) is 5.06. The smallest absolute Gasteiger partial charge is 0.267 e. The van der Waals surface area contributed by atoms with Gasteiger partial charge in [-0.3, -0.25) is 4.79 Å². The molecule has 8 heteroatoms. The molecule has 0 heterocycles. The first kappa shape index (κ1) is 19.4. The Labute approximate surface area is 160 Å². The average molecular weight is 392 g/mol. The van der Waals surface area contributed by atoms with E-state index in [1.165, 1.54) is 20.4 Å². The van der Waals surface area contributed by atoms with Crippen molar-refractivity contribution in [1.82, 2.24) is 0 Å². The van der Waals surface area contributed by atoms with Gasteiger partial charge in [-0.1, -0.05) is 23.2 Å². The first-order chi connectivity index (χ1) is 12.5. The Kier molecular flexibility index (Phi) is 6.73. The highest BCUT2D eigenvalue weighted by Crippen LogP contribution is 2.29. The predicted molar refractivity (Wildman–Crippen MR) is 102 cm³/mol. The quantitative estimate of drug-likeness (QED) is 0.560. The molecule has 134 valence electrons. The Morgan fingerprint density at radius 3 is 2.38 bits per heavy atom. The summed E-state index contributed by atoms with van der Waals surface area (Å²) in [6, 6.07) is 11.6. The minimum atomic E-state index is -0.611. The minimum Gasteiger partial charge on any atom is -0.497 e. The lowest BCUT2D eigenvalue weighted by Gasteiger charge is -2.11. The van der Waals surface area contributed by atoms with Crippen LogP contribution in [0.1, 0.15) is 0 Å². The van der Waals surface area contributed by atoms with Crippen LogP contribution in [0.3, 0.4) is 0 Å². The van der Waals surface area contributed by atoms with Crippen molar-refractivity contribution in [1.29, 1.82) is 5.26 Å². The van der Waals surface area contributed by atoms with Crippen LogP contribution in [0.5, 0.6) is 11.5 Å². The molecular weight excluding hydrogens is 377 g/mol. The largest absolute Gasteiger partial charge is 0.497 e. The Bertz CT molecular complexity index is 871. The van der Waals surface area contributed by atoms with Gasteiger partial charge in [0, 0.05) is 28.0 Å². The van der Waals surface area contributed by atoms with E-state index < -0.39 is 5.91 Å². The number of benzene rings is 2. The number of carbonyl (C=O) groups is 1. The van der Waals surface area contributed by atoms with Crippen LogP contribution in [-0.4, -0.2) is 20.1 Å². The van der Waals surface area contributed by atoms with Crippen LogP contribution in [0.15, 0.2) is 48.2 Å². The summed E-state index contributed by atoms with van der Waals surface area (Å²) in [4.78, 5) is 12.4. The Morgan fingerprint density at radius 1 is 1.12 bits per heavy atom. The number of methoxy groups -OCH3 is 2. The number of rotatable bonds is 6. The lowest BCUT2D eigenvalue weighted by atomic mass is 10.2. The van der Waals surface area contributed by atoms with Gasteiger partial charge in [0.05, 0.1) is 19.9 Å². The molecule has 0 aliphatic rings. The van der Waals surface area contributed by atoms with Crippen molar-refractivity contribution < 1.29 is 14.3 Å². The standard InChI is InChI=1S/C18H15Cl2N3O3/c1-25-15-3-4-17(26-2)16(8-15)23-18(24)11(9-21)10-22-14-6-12(19)5-13(20)7-14/h3-8,10,22H,1-2H3,(H,23,24)/b11-10-. The van der Waals surface area contributed by atoms with Gasteiger partial charge in [-0.2, -0.15) is 5.26 Å². The molecule has 0 saturated carbocycles. The van der Waals surface area contributed by atoms with E-state index in [4.69, 9.17) is 32.7 Å². The van der Waals surface area contributed by atoms with Crippen molar-refractivity contribution in [3.8, 4) is 17.6 Å². The summed E-state index contributed by atoms with van der Waals surface area (Å²) in [5, 5.41) is 15.6. The van der Waals surface area contributed by atoms with Crippen molar-refractivity contribution >= 4 is 40.5 Å². The lowest BCUT2D eigenvalue weighted by Crippen LogP contribution is -2.15. The zero-order valence-electron chi connectivity index (χ0n) is 14.0. The molecule has 0 aliphatic heterocycles. The molecule has 0 bridgehead atoms. The van der Waals surface area contributed by atoms with Crippen molar-refractivity contribution in [2.45, 2.75) is 0 Å². The molecular formula is C18H15Cl2N3O3. The van der Waals surface area contributed by atoms with E-state index in [1.807, 2.05) is 6.07 Å². The molecule has 1 amide bonds. The molecule has 2 aromatic rings. The predicted octanol–water partition coefficient (Wildman–Crippen LogP) is 4.47. The number of nitrogens with one attached hydrogen (secondary N) is 2. The van der Waals surface area contributed by atoms with E-state index in [9.17, 15) is 10.1 Å². The highest BCUT2D eigenvalue weighted by Gasteiger charge is 2.13. The van der Waals surface area contributed by atoms with Gasteiger partial charge in [0.25, 0.3) is 5.91 Å². The number of hydrogen-bond donors (Lipinski definition) is 2. The normalized spacial score (nSPS) is 10.7. The Balaban J connectivity index is 2.20. The molecule has 2 N–H and O–H groups in total. The highest BCUT2D eigenvalue weighted by molar-refractivity contribution is 6.35. The molecule has 0 unspecified atom stereocenters. The van der Waals surface area contributed by atoms with Gasteiger partial charge >= 0.3 is 0 Å². The molecule has 0 fully saturated rings. The highest BCUT2D eigenvalue weighted by atomic mass is 35.5. The molecule has 0 spiro atoms. The third-order valence-electron chi connectivity index (χ3n) is 3.27. The molecule has 2 rings (SSSR count). The van der Waals surface area contributed by atoms with E-state index in [-0.39, 0.29) is 5.57 Å². The van der Waals surface area contributed by atoms with Gasteiger partial charge in [-0.25, -0.2) is 0 Å². The summed E-state index contributed by atoms with van der Waals surface area (Å²) in [5.74, 6) is 0.362. The second-order valence-corrected chi connectivity index (χ2v) is 5.87. The zero-order valence-corrected chi connectivity index (χ0v) is 15.5. The topological polar surface area (TPSA) is 83.4 Å². The summed E-state index contributed by atoms with van der Waals surface area (Å²) in [7, 11) is 2.98. The van der Waals surface area contributed by atoms with Gasteiger partial charge in [0.1, 0.15) is 23.1 Å². The number of halogens is 2. The fourth-order valence-corrected chi connectivity index (χ4v) is 2.57. The molecule has 0 aliphatic carbocycles. The minimum absolute atomic E-state index is 0.147. The Hall–Kier alpha value is -2.88. The second kappa shape index (κ2) is 8.99. The number of ether oxygens (including phenoxy) is 2. The molecule has 6 nitrogen and oxygen atoms in total. The van der Waals surface area contributed by atoms with Crippen LogP contribution < -0.4 is 20.1 Å². The number of hydrogen-bond acceptors (Lipinski definition) is 5. The first-order valence-electron chi connectivity index (χ1n) is 7.33. The first-order valence-corrected chi connectivity index (χ1v) is 8.08. The molecule has 26 heavy (non-hydrogen) atoms. The van der Waals surface area contributed by atoms with Crippen LogP contribution in [0.2, 0.25) is 10.0 Å². The van der Waals surface area contributed by atoms with Gasteiger partial charge in [0.15, 0.2) is 0 Å². The maximum Gasteiger partial charge on any atom is 0.267 e. The van der Waals surface area contributed by atoms with Crippen LogP contribution in [0, 0.1) is 11.3 Å². The fraction of sp³-hybridized carbons (Fsp3) is 0.111. The maximum atomic E-state index is 12.4. The zero-order chi connectivity index (χ0) is 19.1. The van der Waals surface area contributed by atoms with E-state index >= 15 is 0 Å². The molecule has 0 aromatic heterocycles. The number of carbonyl (C=O) groups excluding carboxylic acids is 1. The summed E-state index contributed by atoms with van der Waals surface area (Å²) in [5.41, 5.74) is 0.775. The van der Waals surface area contributed by atoms with Crippen molar-refractivity contribution in [3.63, 3.8) is 0 Å². The van der Waals surface area contributed by atoms with Gasteiger partial charge in [-0.05, 0) is 30.3 Å². The van der Waals surface area contributed by atoms with Crippen molar-refractivity contribution in [2.75, 3.05) is 24.9 Å². The third-order valence-corrected chi connectivity index (χ3v) is 3.70. The number of amides is 1. The maximum absolute atomic E-state index is 12.4. The monoisotopic (exact) mass is 391 g/mol. The Morgan fingerprint density at radius 2 is 1.81 bits per heavy atom. The average Bonchev–Trinajstić information content (AvgIpc) is 2.61. The van der Waals surface area contributed by atoms with Crippen molar-refractivity contribution in [3.05, 3.63) is 58.2 Å². The molecule has 0 saturated heterocycles. The van der Waals surface area contributed by atoms with Gasteiger partial charge < -0.3 is 20.1 Å². The molecule has 0 atom stereocenters. The summed E-state index contributed by atoms with van der Waals surface area (Å²) in [6.07, 6.45) is 1.27. The van der Waals surface area contributed by atoms with E-state index in [0.29, 0.717) is 32.9 Å². The van der Waals surface area contributed by atoms with E-state index in [0.717, 1.165) is 0 Å². The second-order valence-electron chi connectivity index (χ2n) is 4.99. The lowest BCUT2D eigenvalue weighted by molar-refractivity contribution is -0.112. The number of nitrogens with zero attached hydrogens (tertiary/aromatic N) is 1. The van der Waals surface area contributed by atoms with Crippen LogP contribution in [-0.2, 0) is 4.79 Å². The van der Waals surface area contributed by atoms with Gasteiger partial charge in [-0.15, -0.1) is 0 Å². The van der Waals surface area contributed by atoms with Crippen LogP contribution in [0.4, 0.5) is 11.4 Å². The molecule has 2 aromatic carbocycles. The summed E-state index contributed by atoms with van der Waals surface area (Å²) < 4.78 is 10.3. The summed E-state index contributed by atoms with van der Waals surface area (Å²) >= 11 is 11.8. The number of anilines is 2. The van der Waals surface area contributed by atoms with Gasteiger partial charge in [0.2, 0.25) is 0 Å². The van der Waals surface area contributed by atoms with Crippen molar-refractivity contribution in [2.24, 2.45) is 0 Å². The van der Waals surface area contributed by atoms with E-state index in [1.54, 1.807) is 36.4 Å². The number of nitriles is 1. The van der Waals surface area contributed by atoms with E-state index in [2.05, 4.69) is 10.6 Å². The summed E-state index contributed by atoms with van der Waals surface area (Å²) in [6.45, 7) is 0. The fourth-order valence-electron chi connectivity index (χ4n) is 2.04. The molecule has 0 radical (unpaired) electrons.